The van der Waals surface area contributed by atoms with E-state index >= 15 is 0 Å². The van der Waals surface area contributed by atoms with Gasteiger partial charge in [-0.1, -0.05) is 43.5 Å². The van der Waals surface area contributed by atoms with Crippen molar-refractivity contribution in [1.29, 1.82) is 0 Å². The number of rotatable bonds is 8. The fourth-order valence-corrected chi connectivity index (χ4v) is 2.65. The SMILES string of the molecule is CCCCCN(CC(O)c1ccc(C)cc1C)C(C)C. The first-order valence-electron chi connectivity index (χ1n) is 7.95. The molecule has 114 valence electrons. The van der Waals surface area contributed by atoms with Crippen LogP contribution in [0.4, 0.5) is 0 Å². The van der Waals surface area contributed by atoms with E-state index in [1.54, 1.807) is 0 Å². The van der Waals surface area contributed by atoms with Gasteiger partial charge in [-0.2, -0.15) is 0 Å². The van der Waals surface area contributed by atoms with Gasteiger partial charge in [-0.15, -0.1) is 0 Å². The third-order valence-electron chi connectivity index (χ3n) is 3.97. The summed E-state index contributed by atoms with van der Waals surface area (Å²) < 4.78 is 0. The second-order valence-electron chi connectivity index (χ2n) is 6.17. The number of hydrogen-bond donors (Lipinski definition) is 1. The van der Waals surface area contributed by atoms with E-state index in [1.165, 1.54) is 30.4 Å². The molecule has 0 saturated heterocycles. The third-order valence-corrected chi connectivity index (χ3v) is 3.97. The van der Waals surface area contributed by atoms with Crippen molar-refractivity contribution in [3.05, 3.63) is 34.9 Å². The molecule has 0 aromatic heterocycles. The first-order chi connectivity index (χ1) is 9.45. The first-order valence-corrected chi connectivity index (χ1v) is 7.95. The van der Waals surface area contributed by atoms with Gasteiger partial charge in [0.05, 0.1) is 6.10 Å². The molecule has 20 heavy (non-hydrogen) atoms. The third kappa shape index (κ3) is 5.26. The van der Waals surface area contributed by atoms with Crippen LogP contribution in [-0.2, 0) is 0 Å². The number of aryl methyl sites for hydroxylation is 2. The molecule has 0 bridgehead atoms. The van der Waals surface area contributed by atoms with E-state index in [4.69, 9.17) is 0 Å². The van der Waals surface area contributed by atoms with Crippen LogP contribution in [0.3, 0.4) is 0 Å². The zero-order chi connectivity index (χ0) is 15.1. The molecule has 0 fully saturated rings. The van der Waals surface area contributed by atoms with Gasteiger partial charge in [0.2, 0.25) is 0 Å². The van der Waals surface area contributed by atoms with Crippen molar-refractivity contribution in [2.24, 2.45) is 0 Å². The summed E-state index contributed by atoms with van der Waals surface area (Å²) in [6.07, 6.45) is 3.34. The molecular formula is C18H31NO. The highest BCUT2D eigenvalue weighted by atomic mass is 16.3. The van der Waals surface area contributed by atoms with E-state index < -0.39 is 0 Å². The summed E-state index contributed by atoms with van der Waals surface area (Å²) in [7, 11) is 0. The van der Waals surface area contributed by atoms with Crippen LogP contribution in [0.2, 0.25) is 0 Å². The summed E-state index contributed by atoms with van der Waals surface area (Å²) in [5.74, 6) is 0. The minimum absolute atomic E-state index is 0.389. The predicted molar refractivity (Wildman–Crippen MR) is 87.1 cm³/mol. The summed E-state index contributed by atoms with van der Waals surface area (Å²) in [4.78, 5) is 2.39. The fourth-order valence-electron chi connectivity index (χ4n) is 2.65. The first kappa shape index (κ1) is 17.2. The van der Waals surface area contributed by atoms with Crippen molar-refractivity contribution in [3.63, 3.8) is 0 Å². The van der Waals surface area contributed by atoms with Crippen LogP contribution in [0, 0.1) is 13.8 Å². The molecule has 0 heterocycles. The van der Waals surface area contributed by atoms with Crippen molar-refractivity contribution in [1.82, 2.24) is 4.90 Å². The zero-order valence-electron chi connectivity index (χ0n) is 13.8. The van der Waals surface area contributed by atoms with E-state index in [-0.39, 0.29) is 6.10 Å². The van der Waals surface area contributed by atoms with Crippen LogP contribution in [0.1, 0.15) is 62.8 Å². The Bertz CT molecular complexity index is 400. The van der Waals surface area contributed by atoms with Gasteiger partial charge >= 0.3 is 0 Å². The fraction of sp³-hybridized carbons (Fsp3) is 0.667. The maximum atomic E-state index is 10.5. The molecule has 1 unspecified atom stereocenters. The van der Waals surface area contributed by atoms with Crippen LogP contribution in [0.25, 0.3) is 0 Å². The van der Waals surface area contributed by atoms with Crippen molar-refractivity contribution in [3.8, 4) is 0 Å². The van der Waals surface area contributed by atoms with Crippen LogP contribution in [0.15, 0.2) is 18.2 Å². The second-order valence-corrected chi connectivity index (χ2v) is 6.17. The van der Waals surface area contributed by atoms with E-state index in [9.17, 15) is 5.11 Å². The molecule has 1 aromatic carbocycles. The van der Waals surface area contributed by atoms with E-state index in [0.717, 1.165) is 18.7 Å². The molecule has 1 N–H and O–H groups in total. The van der Waals surface area contributed by atoms with Crippen molar-refractivity contribution >= 4 is 0 Å². The Balaban J connectivity index is 2.67. The largest absolute Gasteiger partial charge is 0.387 e. The molecule has 0 aliphatic heterocycles. The highest BCUT2D eigenvalue weighted by molar-refractivity contribution is 5.32. The standard InChI is InChI=1S/C18H31NO/c1-6-7-8-11-19(14(2)3)13-18(20)17-10-9-15(4)12-16(17)5/h9-10,12,14,18,20H,6-8,11,13H2,1-5H3. The minimum Gasteiger partial charge on any atom is -0.387 e. The molecule has 1 rings (SSSR count). The molecular weight excluding hydrogens is 246 g/mol. The van der Waals surface area contributed by atoms with Crippen molar-refractivity contribution in [2.45, 2.75) is 66.0 Å². The Morgan fingerprint density at radius 3 is 2.40 bits per heavy atom. The van der Waals surface area contributed by atoms with Gasteiger partial charge in [0.1, 0.15) is 0 Å². The Labute approximate surface area is 124 Å². The Morgan fingerprint density at radius 1 is 1.15 bits per heavy atom. The van der Waals surface area contributed by atoms with E-state index in [2.05, 4.69) is 57.7 Å². The van der Waals surface area contributed by atoms with Gasteiger partial charge in [0.25, 0.3) is 0 Å². The summed E-state index contributed by atoms with van der Waals surface area (Å²) in [5, 5.41) is 10.5. The number of nitrogens with zero attached hydrogens (tertiary/aromatic N) is 1. The molecule has 0 radical (unpaired) electrons. The van der Waals surface area contributed by atoms with Crippen LogP contribution in [-0.4, -0.2) is 29.1 Å². The van der Waals surface area contributed by atoms with Gasteiger partial charge in [-0.3, -0.25) is 4.90 Å². The minimum atomic E-state index is -0.389. The van der Waals surface area contributed by atoms with Gasteiger partial charge in [0.15, 0.2) is 0 Å². The van der Waals surface area contributed by atoms with Gasteiger partial charge < -0.3 is 5.11 Å². The molecule has 0 aliphatic carbocycles. The molecule has 2 heteroatoms. The van der Waals surface area contributed by atoms with Crippen LogP contribution in [0.5, 0.6) is 0 Å². The average Bonchev–Trinajstić information content (AvgIpc) is 2.37. The molecule has 0 aliphatic rings. The second kappa shape index (κ2) is 8.43. The smallest absolute Gasteiger partial charge is 0.0919 e. The summed E-state index contributed by atoms with van der Waals surface area (Å²) in [6, 6.07) is 6.78. The molecule has 2 nitrogen and oxygen atoms in total. The Hall–Kier alpha value is -0.860. The normalized spacial score (nSPS) is 13.2. The Morgan fingerprint density at radius 2 is 1.85 bits per heavy atom. The number of aliphatic hydroxyl groups is 1. The average molecular weight is 277 g/mol. The zero-order valence-corrected chi connectivity index (χ0v) is 13.8. The van der Waals surface area contributed by atoms with Gasteiger partial charge in [0, 0.05) is 12.6 Å². The Kier molecular flexibility index (Phi) is 7.25. The monoisotopic (exact) mass is 277 g/mol. The lowest BCUT2D eigenvalue weighted by Crippen LogP contribution is -2.35. The van der Waals surface area contributed by atoms with Crippen LogP contribution >= 0.6 is 0 Å². The molecule has 1 atom stereocenters. The van der Waals surface area contributed by atoms with Crippen LogP contribution < -0.4 is 0 Å². The quantitative estimate of drug-likeness (QED) is 0.719. The summed E-state index contributed by atoms with van der Waals surface area (Å²) in [5.41, 5.74) is 3.51. The van der Waals surface area contributed by atoms with Crippen molar-refractivity contribution < 1.29 is 5.11 Å². The van der Waals surface area contributed by atoms with Gasteiger partial charge in [-0.05, 0) is 51.8 Å². The number of hydrogen-bond acceptors (Lipinski definition) is 2. The summed E-state index contributed by atoms with van der Waals surface area (Å²) in [6.45, 7) is 12.6. The molecule has 0 spiro atoms. The van der Waals surface area contributed by atoms with E-state index in [1.807, 2.05) is 0 Å². The predicted octanol–water partition coefficient (Wildman–Crippen LogP) is 4.24. The lowest BCUT2D eigenvalue weighted by atomic mass is 10.0. The molecule has 0 amide bonds. The molecule has 0 saturated carbocycles. The highest BCUT2D eigenvalue weighted by Crippen LogP contribution is 2.21. The topological polar surface area (TPSA) is 23.5 Å². The lowest BCUT2D eigenvalue weighted by molar-refractivity contribution is 0.0938. The highest BCUT2D eigenvalue weighted by Gasteiger charge is 2.17. The maximum Gasteiger partial charge on any atom is 0.0919 e. The van der Waals surface area contributed by atoms with E-state index in [0.29, 0.717) is 6.04 Å². The van der Waals surface area contributed by atoms with Gasteiger partial charge in [-0.25, -0.2) is 0 Å². The number of aliphatic hydroxyl groups excluding tert-OH is 1. The molecule has 1 aromatic rings. The lowest BCUT2D eigenvalue weighted by Gasteiger charge is -2.29. The summed E-state index contributed by atoms with van der Waals surface area (Å²) >= 11 is 0. The van der Waals surface area contributed by atoms with Crippen molar-refractivity contribution in [2.75, 3.05) is 13.1 Å². The number of benzene rings is 1. The number of unbranched alkanes of at least 4 members (excludes halogenated alkanes) is 2. The maximum absolute atomic E-state index is 10.5.